The summed E-state index contributed by atoms with van der Waals surface area (Å²) in [5.41, 5.74) is 2.22. The number of morpholine rings is 1. The lowest BCUT2D eigenvalue weighted by molar-refractivity contribution is -0.140. The zero-order chi connectivity index (χ0) is 21.8. The number of ketones is 1. The number of hydrogen-bond donors (Lipinski definition) is 1. The summed E-state index contributed by atoms with van der Waals surface area (Å²) in [6, 6.07) is 11.9. The highest BCUT2D eigenvalue weighted by molar-refractivity contribution is 6.46. The molecule has 0 spiro atoms. The zero-order valence-corrected chi connectivity index (χ0v) is 17.7. The molecule has 31 heavy (non-hydrogen) atoms. The lowest BCUT2D eigenvalue weighted by Gasteiger charge is -2.28. The molecule has 3 heterocycles. The van der Waals surface area contributed by atoms with Crippen molar-refractivity contribution in [2.45, 2.75) is 19.4 Å². The molecule has 162 valence electrons. The molecule has 1 atom stereocenters. The average molecular weight is 421 g/mol. The van der Waals surface area contributed by atoms with E-state index >= 15 is 0 Å². The van der Waals surface area contributed by atoms with Crippen LogP contribution in [0, 0.1) is 6.92 Å². The molecule has 1 aromatic carbocycles. The number of amides is 1. The molecule has 0 radical (unpaired) electrons. The third kappa shape index (κ3) is 4.52. The Hall–Kier alpha value is -3.03. The number of pyridine rings is 1. The van der Waals surface area contributed by atoms with Gasteiger partial charge in [-0.2, -0.15) is 0 Å². The molecule has 2 aliphatic rings. The number of rotatable bonds is 6. The molecule has 0 bridgehead atoms. The van der Waals surface area contributed by atoms with E-state index in [1.165, 1.54) is 0 Å². The number of aliphatic hydroxyl groups is 1. The predicted octanol–water partition coefficient (Wildman–Crippen LogP) is 2.53. The SMILES string of the molecule is Cc1ccc(/C(O)=C2/C(=O)C(=O)N(CCCN3CCOCC3)C2c2ccccn2)cc1. The first kappa shape index (κ1) is 21.2. The van der Waals surface area contributed by atoms with E-state index in [0.29, 0.717) is 17.8 Å². The van der Waals surface area contributed by atoms with Gasteiger partial charge in [-0.3, -0.25) is 19.5 Å². The van der Waals surface area contributed by atoms with E-state index in [-0.39, 0.29) is 11.3 Å². The Labute approximate surface area is 182 Å². The van der Waals surface area contributed by atoms with E-state index in [0.717, 1.165) is 44.8 Å². The Morgan fingerprint density at radius 1 is 1.10 bits per heavy atom. The number of carbonyl (C=O) groups is 2. The summed E-state index contributed by atoms with van der Waals surface area (Å²) in [6.45, 7) is 6.36. The highest BCUT2D eigenvalue weighted by atomic mass is 16.5. The van der Waals surface area contributed by atoms with E-state index in [2.05, 4.69) is 9.88 Å². The van der Waals surface area contributed by atoms with Crippen LogP contribution >= 0.6 is 0 Å². The summed E-state index contributed by atoms with van der Waals surface area (Å²) in [4.78, 5) is 34.2. The van der Waals surface area contributed by atoms with Gasteiger partial charge in [0.2, 0.25) is 0 Å². The van der Waals surface area contributed by atoms with Gasteiger partial charge in [0.25, 0.3) is 11.7 Å². The van der Waals surface area contributed by atoms with Gasteiger partial charge in [-0.15, -0.1) is 0 Å². The predicted molar refractivity (Wildman–Crippen MR) is 116 cm³/mol. The van der Waals surface area contributed by atoms with Crippen LogP contribution in [-0.2, 0) is 14.3 Å². The van der Waals surface area contributed by atoms with Gasteiger partial charge < -0.3 is 14.7 Å². The number of hydrogen-bond acceptors (Lipinski definition) is 6. The van der Waals surface area contributed by atoms with Crippen LogP contribution < -0.4 is 0 Å². The lowest BCUT2D eigenvalue weighted by Crippen LogP contribution is -2.39. The number of aryl methyl sites for hydroxylation is 1. The molecule has 1 N–H and O–H groups in total. The number of aromatic nitrogens is 1. The maximum Gasteiger partial charge on any atom is 0.295 e. The van der Waals surface area contributed by atoms with Crippen LogP contribution in [0.15, 0.2) is 54.2 Å². The zero-order valence-electron chi connectivity index (χ0n) is 17.7. The summed E-state index contributed by atoms with van der Waals surface area (Å²) >= 11 is 0. The number of carbonyl (C=O) groups excluding carboxylic acids is 2. The van der Waals surface area contributed by atoms with Gasteiger partial charge in [0.15, 0.2) is 0 Å². The number of nitrogens with zero attached hydrogens (tertiary/aromatic N) is 3. The molecule has 4 rings (SSSR count). The largest absolute Gasteiger partial charge is 0.507 e. The van der Waals surface area contributed by atoms with Crippen molar-refractivity contribution in [3.05, 3.63) is 71.1 Å². The standard InChI is InChI=1S/C24H27N3O4/c1-17-6-8-18(9-7-17)22(28)20-21(19-5-2-3-10-25-19)27(24(30)23(20)29)12-4-11-26-13-15-31-16-14-26/h2-3,5-10,21,28H,4,11-16H2,1H3/b22-20-. The fraction of sp³-hybridized carbons (Fsp3) is 0.375. The molecule has 2 fully saturated rings. The van der Waals surface area contributed by atoms with Crippen LogP contribution in [0.25, 0.3) is 5.76 Å². The van der Waals surface area contributed by atoms with E-state index in [9.17, 15) is 14.7 Å². The molecule has 7 nitrogen and oxygen atoms in total. The Balaban J connectivity index is 1.64. The maximum absolute atomic E-state index is 13.0. The number of ether oxygens (including phenoxy) is 1. The number of aliphatic hydroxyl groups excluding tert-OH is 1. The quantitative estimate of drug-likeness (QED) is 0.439. The van der Waals surface area contributed by atoms with Gasteiger partial charge in [-0.05, 0) is 25.5 Å². The van der Waals surface area contributed by atoms with Crippen molar-refractivity contribution >= 4 is 17.4 Å². The molecule has 0 saturated carbocycles. The van der Waals surface area contributed by atoms with Gasteiger partial charge in [0, 0.05) is 37.9 Å². The molecular weight excluding hydrogens is 394 g/mol. The molecule has 2 saturated heterocycles. The summed E-state index contributed by atoms with van der Waals surface area (Å²) < 4.78 is 5.38. The van der Waals surface area contributed by atoms with E-state index in [4.69, 9.17) is 4.74 Å². The summed E-state index contributed by atoms with van der Waals surface area (Å²) in [6.07, 6.45) is 2.36. The third-order valence-corrected chi connectivity index (χ3v) is 5.81. The Morgan fingerprint density at radius 2 is 1.84 bits per heavy atom. The van der Waals surface area contributed by atoms with E-state index in [1.54, 1.807) is 35.4 Å². The van der Waals surface area contributed by atoms with Gasteiger partial charge in [0.1, 0.15) is 11.8 Å². The van der Waals surface area contributed by atoms with Gasteiger partial charge >= 0.3 is 0 Å². The molecular formula is C24H27N3O4. The van der Waals surface area contributed by atoms with Crippen LogP contribution in [0.2, 0.25) is 0 Å². The van der Waals surface area contributed by atoms with Crippen molar-refractivity contribution in [3.63, 3.8) is 0 Å². The van der Waals surface area contributed by atoms with Crippen molar-refractivity contribution in [1.82, 2.24) is 14.8 Å². The molecule has 1 amide bonds. The monoisotopic (exact) mass is 421 g/mol. The summed E-state index contributed by atoms with van der Waals surface area (Å²) in [5.74, 6) is -1.42. The number of benzene rings is 1. The van der Waals surface area contributed by atoms with Crippen LogP contribution in [-0.4, -0.2) is 71.0 Å². The van der Waals surface area contributed by atoms with Crippen LogP contribution in [0.5, 0.6) is 0 Å². The first-order valence-electron chi connectivity index (χ1n) is 10.6. The smallest absolute Gasteiger partial charge is 0.295 e. The van der Waals surface area contributed by atoms with Crippen LogP contribution in [0.4, 0.5) is 0 Å². The van der Waals surface area contributed by atoms with Crippen molar-refractivity contribution in [1.29, 1.82) is 0 Å². The highest BCUT2D eigenvalue weighted by Gasteiger charge is 2.46. The molecule has 2 aliphatic heterocycles. The topological polar surface area (TPSA) is 83.0 Å². The Bertz CT molecular complexity index is 966. The minimum absolute atomic E-state index is 0.0962. The van der Waals surface area contributed by atoms with Crippen molar-refractivity contribution < 1.29 is 19.4 Å². The third-order valence-electron chi connectivity index (χ3n) is 5.81. The Kier molecular flexibility index (Phi) is 6.44. The first-order valence-corrected chi connectivity index (χ1v) is 10.6. The molecule has 1 unspecified atom stereocenters. The second-order valence-electron chi connectivity index (χ2n) is 7.92. The average Bonchev–Trinajstić information content (AvgIpc) is 3.05. The van der Waals surface area contributed by atoms with Crippen molar-refractivity contribution in [3.8, 4) is 0 Å². The molecule has 2 aromatic rings. The van der Waals surface area contributed by atoms with Gasteiger partial charge in [-0.25, -0.2) is 0 Å². The highest BCUT2D eigenvalue weighted by Crippen LogP contribution is 2.38. The summed E-state index contributed by atoms with van der Waals surface area (Å²) in [7, 11) is 0. The normalized spacial score (nSPS) is 21.6. The summed E-state index contributed by atoms with van der Waals surface area (Å²) in [5, 5.41) is 11.0. The molecule has 7 heteroatoms. The first-order chi connectivity index (χ1) is 15.1. The maximum atomic E-state index is 13.0. The van der Waals surface area contributed by atoms with Crippen LogP contribution in [0.3, 0.4) is 0 Å². The van der Waals surface area contributed by atoms with Gasteiger partial charge in [-0.1, -0.05) is 35.9 Å². The molecule has 0 aliphatic carbocycles. The minimum atomic E-state index is -0.702. The van der Waals surface area contributed by atoms with Crippen LogP contribution in [0.1, 0.15) is 29.3 Å². The fourth-order valence-electron chi connectivity index (χ4n) is 4.11. The second kappa shape index (κ2) is 9.41. The van der Waals surface area contributed by atoms with E-state index < -0.39 is 17.7 Å². The number of Topliss-reactive ketones (excluding diaryl/α,β-unsaturated/α-hetero) is 1. The Morgan fingerprint density at radius 3 is 2.52 bits per heavy atom. The minimum Gasteiger partial charge on any atom is -0.507 e. The second-order valence-corrected chi connectivity index (χ2v) is 7.92. The van der Waals surface area contributed by atoms with Crippen molar-refractivity contribution in [2.24, 2.45) is 0 Å². The lowest BCUT2D eigenvalue weighted by atomic mass is 9.98. The van der Waals surface area contributed by atoms with Gasteiger partial charge in [0.05, 0.1) is 24.5 Å². The van der Waals surface area contributed by atoms with E-state index in [1.807, 2.05) is 25.1 Å². The number of likely N-dealkylation sites (tertiary alicyclic amines) is 1. The fourth-order valence-corrected chi connectivity index (χ4v) is 4.11. The molecule has 1 aromatic heterocycles. The van der Waals surface area contributed by atoms with Crippen molar-refractivity contribution in [2.75, 3.05) is 39.4 Å².